The minimum absolute atomic E-state index is 0.0561. The van der Waals surface area contributed by atoms with Crippen molar-refractivity contribution in [3.8, 4) is 0 Å². The first-order valence-electron chi connectivity index (χ1n) is 21.4. The molecule has 5 aliphatic rings. The van der Waals surface area contributed by atoms with Crippen LogP contribution in [-0.2, 0) is 19.1 Å². The standard InChI is InChI=1S/C47H69ClN2O6/c1-29(2)40-34(52)25-47(37(53)27-50(24-23-49(9)10)42(55)30-11-13-31(48)14-12-30)22-17-33-32(41(40)47)15-16-36-45(33,7)20-18-35-44(5,6)38(19-21-46(35,36)8)56-39(54)26-43(3,4)28-51/h11-14,28-29,32-33,35-38,53H,15-27H2,1-10H3. The molecule has 1 N–H and O–H groups in total. The topological polar surface area (TPSA) is 104 Å². The fourth-order valence-corrected chi connectivity index (χ4v) is 13.5. The SMILES string of the molecule is CC(C)C1=C2C3CCC4C(C)(CCC5C(C)(C)C(OC(=O)CC(C)(C)C=O)CCC54C)C3CCC2(C(O)CN(CCN(C)C)C(=O)c2ccc(Cl)cc2)CC1=O. The second-order valence-electron chi connectivity index (χ2n) is 20.9. The predicted octanol–water partition coefficient (Wildman–Crippen LogP) is 8.82. The van der Waals surface area contributed by atoms with Crippen molar-refractivity contribution in [2.45, 2.75) is 132 Å². The number of nitrogens with zero attached hydrogens (tertiary/aromatic N) is 2. The predicted molar refractivity (Wildman–Crippen MR) is 221 cm³/mol. The van der Waals surface area contributed by atoms with Crippen molar-refractivity contribution in [1.29, 1.82) is 0 Å². The molecule has 1 aromatic rings. The van der Waals surface area contributed by atoms with E-state index in [1.165, 1.54) is 5.57 Å². The van der Waals surface area contributed by atoms with Gasteiger partial charge in [0.05, 0.1) is 12.5 Å². The lowest BCUT2D eigenvalue weighted by Gasteiger charge is -2.69. The Morgan fingerprint density at radius 1 is 0.946 bits per heavy atom. The van der Waals surface area contributed by atoms with Crippen molar-refractivity contribution in [3.63, 3.8) is 0 Å². The number of allylic oxidation sites excluding steroid dienone is 1. The number of fused-ring (bicyclic) bond motifs is 7. The van der Waals surface area contributed by atoms with Crippen LogP contribution in [0.25, 0.3) is 0 Å². The lowest BCUT2D eigenvalue weighted by molar-refractivity contribution is -0.214. The van der Waals surface area contributed by atoms with Gasteiger partial charge in [0, 0.05) is 52.9 Å². The van der Waals surface area contributed by atoms with Gasteiger partial charge in [-0.1, -0.05) is 72.6 Å². The molecule has 310 valence electrons. The van der Waals surface area contributed by atoms with E-state index in [0.717, 1.165) is 63.2 Å². The monoisotopic (exact) mass is 792 g/mol. The van der Waals surface area contributed by atoms with Crippen LogP contribution in [-0.4, -0.2) is 84.8 Å². The van der Waals surface area contributed by atoms with Gasteiger partial charge in [-0.3, -0.25) is 14.4 Å². The first kappa shape index (κ1) is 43.0. The summed E-state index contributed by atoms with van der Waals surface area (Å²) in [5.74, 6) is 1.32. The summed E-state index contributed by atoms with van der Waals surface area (Å²) < 4.78 is 6.22. The van der Waals surface area contributed by atoms with Crippen LogP contribution in [0, 0.1) is 56.7 Å². The van der Waals surface area contributed by atoms with Gasteiger partial charge in [0.25, 0.3) is 5.91 Å². The summed E-state index contributed by atoms with van der Waals surface area (Å²) >= 11 is 6.17. The number of halogens is 1. The number of benzene rings is 1. The third-order valence-electron chi connectivity index (χ3n) is 16.0. The van der Waals surface area contributed by atoms with E-state index < -0.39 is 16.9 Å². The number of likely N-dealkylation sites (N-methyl/N-ethyl adjacent to an activating group) is 1. The number of Topliss-reactive ketones (excluding diaryl/α,β-unsaturated/α-hetero) is 1. The average molecular weight is 794 g/mol. The molecule has 8 nitrogen and oxygen atoms in total. The molecule has 1 amide bonds. The van der Waals surface area contributed by atoms with Gasteiger partial charge in [-0.25, -0.2) is 0 Å². The highest BCUT2D eigenvalue weighted by Crippen LogP contribution is 2.73. The van der Waals surface area contributed by atoms with Crippen LogP contribution >= 0.6 is 11.6 Å². The van der Waals surface area contributed by atoms with E-state index in [1.54, 1.807) is 43.0 Å². The van der Waals surface area contributed by atoms with Crippen LogP contribution in [0.15, 0.2) is 35.4 Å². The lowest BCUT2D eigenvalue weighted by Crippen LogP contribution is -2.63. The third-order valence-corrected chi connectivity index (χ3v) is 16.3. The van der Waals surface area contributed by atoms with Crippen LogP contribution < -0.4 is 0 Å². The van der Waals surface area contributed by atoms with Crippen molar-refractivity contribution in [3.05, 3.63) is 46.0 Å². The molecular weight excluding hydrogens is 724 g/mol. The summed E-state index contributed by atoms with van der Waals surface area (Å²) in [5, 5.41) is 13.1. The lowest BCUT2D eigenvalue weighted by atomic mass is 9.36. The smallest absolute Gasteiger partial charge is 0.307 e. The summed E-state index contributed by atoms with van der Waals surface area (Å²) in [6.07, 6.45) is 7.93. The van der Waals surface area contributed by atoms with Gasteiger partial charge in [-0.2, -0.15) is 0 Å². The maximum absolute atomic E-state index is 14.2. The van der Waals surface area contributed by atoms with Gasteiger partial charge in [0.15, 0.2) is 5.78 Å². The molecule has 0 radical (unpaired) electrons. The first-order chi connectivity index (χ1) is 26.1. The van der Waals surface area contributed by atoms with Crippen LogP contribution in [0.4, 0.5) is 0 Å². The van der Waals surface area contributed by atoms with Crippen molar-refractivity contribution in [1.82, 2.24) is 9.80 Å². The molecule has 56 heavy (non-hydrogen) atoms. The fourth-order valence-electron chi connectivity index (χ4n) is 13.3. The van der Waals surface area contributed by atoms with Crippen LogP contribution in [0.2, 0.25) is 5.02 Å². The van der Waals surface area contributed by atoms with Crippen LogP contribution in [0.3, 0.4) is 0 Å². The molecule has 9 atom stereocenters. The van der Waals surface area contributed by atoms with E-state index >= 15 is 0 Å². The van der Waals surface area contributed by atoms with Gasteiger partial charge in [-0.15, -0.1) is 0 Å². The Hall–Kier alpha value is -2.55. The Kier molecular flexibility index (Phi) is 12.0. The van der Waals surface area contributed by atoms with E-state index in [9.17, 15) is 24.3 Å². The molecule has 9 heteroatoms. The largest absolute Gasteiger partial charge is 0.462 e. The number of carbonyl (C=O) groups is 4. The number of hydrogen-bond donors (Lipinski definition) is 1. The van der Waals surface area contributed by atoms with E-state index in [4.69, 9.17) is 16.3 Å². The molecule has 5 aliphatic carbocycles. The van der Waals surface area contributed by atoms with E-state index in [2.05, 4.69) is 41.5 Å². The molecule has 6 rings (SSSR count). The number of ketones is 1. The maximum Gasteiger partial charge on any atom is 0.307 e. The van der Waals surface area contributed by atoms with E-state index in [1.807, 2.05) is 19.0 Å². The number of carbonyl (C=O) groups excluding carboxylic acids is 4. The number of amides is 1. The van der Waals surface area contributed by atoms with Gasteiger partial charge in [-0.05, 0) is 136 Å². The second kappa shape index (κ2) is 15.6. The molecule has 0 aromatic heterocycles. The molecule has 9 unspecified atom stereocenters. The number of rotatable bonds is 12. The number of hydrogen-bond acceptors (Lipinski definition) is 7. The third kappa shape index (κ3) is 7.46. The van der Waals surface area contributed by atoms with Crippen LogP contribution in [0.1, 0.15) is 130 Å². The number of aliphatic hydroxyl groups is 1. The first-order valence-corrected chi connectivity index (χ1v) is 21.8. The zero-order valence-corrected chi connectivity index (χ0v) is 36.6. The van der Waals surface area contributed by atoms with Gasteiger partial charge >= 0.3 is 5.97 Å². The molecule has 0 bridgehead atoms. The Labute approximate surface area is 341 Å². The number of aliphatic hydroxyl groups excluding tert-OH is 1. The normalized spacial score (nSPS) is 34.3. The fraction of sp³-hybridized carbons (Fsp3) is 0.745. The van der Waals surface area contributed by atoms with Gasteiger partial charge in [0.1, 0.15) is 12.4 Å². The van der Waals surface area contributed by atoms with E-state index in [-0.39, 0.29) is 64.8 Å². The molecule has 4 fully saturated rings. The molecule has 0 aliphatic heterocycles. The van der Waals surface area contributed by atoms with Crippen LogP contribution in [0.5, 0.6) is 0 Å². The molecule has 0 heterocycles. The van der Waals surface area contributed by atoms with Crippen molar-refractivity contribution >= 4 is 35.5 Å². The van der Waals surface area contributed by atoms with Crippen molar-refractivity contribution in [2.24, 2.45) is 56.7 Å². The molecule has 4 saturated carbocycles. The summed E-state index contributed by atoms with van der Waals surface area (Å²) in [7, 11) is 3.97. The second-order valence-corrected chi connectivity index (χ2v) is 21.4. The number of esters is 1. The van der Waals surface area contributed by atoms with Gasteiger partial charge < -0.3 is 24.4 Å². The Balaban J connectivity index is 1.28. The van der Waals surface area contributed by atoms with Crippen molar-refractivity contribution in [2.75, 3.05) is 33.7 Å². The summed E-state index contributed by atoms with van der Waals surface area (Å²) in [6, 6.07) is 6.95. The minimum Gasteiger partial charge on any atom is -0.462 e. The highest BCUT2D eigenvalue weighted by molar-refractivity contribution is 6.30. The van der Waals surface area contributed by atoms with E-state index in [0.29, 0.717) is 47.9 Å². The molecule has 0 saturated heterocycles. The van der Waals surface area contributed by atoms with Gasteiger partial charge in [0.2, 0.25) is 0 Å². The minimum atomic E-state index is -0.869. The van der Waals surface area contributed by atoms with Crippen molar-refractivity contribution < 1.29 is 29.0 Å². The summed E-state index contributed by atoms with van der Waals surface area (Å²) in [6.45, 7) is 18.8. The number of aldehydes is 1. The molecular formula is C47H69ClN2O6. The highest BCUT2D eigenvalue weighted by atomic mass is 35.5. The Bertz CT molecular complexity index is 1720. The molecule has 1 aromatic carbocycles. The summed E-state index contributed by atoms with van der Waals surface area (Å²) in [4.78, 5) is 56.7. The average Bonchev–Trinajstić information content (AvgIpc) is 3.44. The zero-order valence-electron chi connectivity index (χ0n) is 35.9. The number of ether oxygens (including phenoxy) is 1. The highest BCUT2D eigenvalue weighted by Gasteiger charge is 2.67. The quantitative estimate of drug-likeness (QED) is 0.167. The molecule has 0 spiro atoms. The maximum atomic E-state index is 14.2. The Morgan fingerprint density at radius 2 is 1.61 bits per heavy atom. The summed E-state index contributed by atoms with van der Waals surface area (Å²) in [5.41, 5.74) is 1.22. The Morgan fingerprint density at radius 3 is 2.23 bits per heavy atom. The zero-order chi connectivity index (χ0) is 41.2.